The first kappa shape index (κ1) is 14.2. The second kappa shape index (κ2) is 6.29. The molecule has 9 heteroatoms. The molecule has 0 spiro atoms. The normalized spacial score (nSPS) is 17.3. The van der Waals surface area contributed by atoms with Gasteiger partial charge in [-0.15, -0.1) is 10.2 Å². The van der Waals surface area contributed by atoms with E-state index in [2.05, 4.69) is 20.5 Å². The Labute approximate surface area is 115 Å². The molecule has 0 radical (unpaired) electrons. The van der Waals surface area contributed by atoms with Gasteiger partial charge in [-0.25, -0.2) is 0 Å². The summed E-state index contributed by atoms with van der Waals surface area (Å²) in [5.41, 5.74) is 5.57. The van der Waals surface area contributed by atoms with E-state index in [4.69, 9.17) is 22.1 Å². The number of hydrogen-bond donors (Lipinski definition) is 3. The number of ether oxygens (including phenoxy) is 1. The Morgan fingerprint density at radius 2 is 2.32 bits per heavy atom. The van der Waals surface area contributed by atoms with Crippen LogP contribution in [-0.4, -0.2) is 65.8 Å². The number of methoxy groups -OCH3 is 1. The third kappa shape index (κ3) is 3.63. The van der Waals surface area contributed by atoms with Gasteiger partial charge in [-0.2, -0.15) is 4.98 Å². The Balaban J connectivity index is 1.75. The fourth-order valence-electron chi connectivity index (χ4n) is 1.78. The monoisotopic (exact) mass is 288 g/mol. The van der Waals surface area contributed by atoms with Crippen molar-refractivity contribution in [2.45, 2.75) is 12.1 Å². The topological polar surface area (TPSA) is 109 Å². The number of aliphatic hydroxyl groups is 1. The lowest BCUT2D eigenvalue weighted by Gasteiger charge is -2.39. The molecule has 1 saturated heterocycles. The molecule has 1 aromatic heterocycles. The molecule has 0 amide bonds. The number of nitrogens with one attached hydrogen (secondary N) is 1. The molecule has 0 unspecified atom stereocenters. The van der Waals surface area contributed by atoms with Gasteiger partial charge in [0.2, 0.25) is 5.95 Å². The molecule has 1 fully saturated rings. The van der Waals surface area contributed by atoms with Gasteiger partial charge < -0.3 is 25.8 Å². The predicted octanol–water partition coefficient (Wildman–Crippen LogP) is -1.11. The van der Waals surface area contributed by atoms with E-state index in [1.165, 1.54) is 0 Å². The van der Waals surface area contributed by atoms with Gasteiger partial charge in [-0.05, 0) is 0 Å². The molecule has 4 N–H and O–H groups in total. The summed E-state index contributed by atoms with van der Waals surface area (Å²) in [5, 5.41) is 20.4. The Morgan fingerprint density at radius 1 is 1.58 bits per heavy atom. The molecule has 0 saturated carbocycles. The number of halogens is 1. The SMILES string of the molecule is COC[C@@H](O)CNC1CN(c2nnc(Cl)c(N)n2)C1. The van der Waals surface area contributed by atoms with Crippen LogP contribution in [0.2, 0.25) is 5.15 Å². The fourth-order valence-corrected chi connectivity index (χ4v) is 1.86. The van der Waals surface area contributed by atoms with Gasteiger partial charge in [0.15, 0.2) is 11.0 Å². The second-order valence-electron chi connectivity index (χ2n) is 4.41. The number of hydrogen-bond acceptors (Lipinski definition) is 8. The largest absolute Gasteiger partial charge is 0.389 e. The molecule has 8 nitrogen and oxygen atoms in total. The van der Waals surface area contributed by atoms with Crippen molar-refractivity contribution >= 4 is 23.4 Å². The standard InChI is InChI=1S/C10H17ClN6O2/c1-19-5-7(18)2-13-6-3-17(4-6)10-14-9(12)8(11)15-16-10/h6-7,13,18H,2-5H2,1H3,(H2,12,14,16)/t7-/m0/s1. The van der Waals surface area contributed by atoms with Crippen molar-refractivity contribution in [3.8, 4) is 0 Å². The number of nitrogen functional groups attached to an aromatic ring is 1. The maximum absolute atomic E-state index is 9.50. The maximum Gasteiger partial charge on any atom is 0.247 e. The highest BCUT2D eigenvalue weighted by Gasteiger charge is 2.29. The number of aliphatic hydroxyl groups excluding tert-OH is 1. The van der Waals surface area contributed by atoms with Gasteiger partial charge in [0.1, 0.15) is 0 Å². The highest BCUT2D eigenvalue weighted by atomic mass is 35.5. The Bertz CT molecular complexity index is 428. The van der Waals surface area contributed by atoms with E-state index in [1.54, 1.807) is 7.11 Å². The third-order valence-corrected chi connectivity index (χ3v) is 3.09. The molecule has 2 rings (SSSR count). The van der Waals surface area contributed by atoms with Crippen LogP contribution in [-0.2, 0) is 4.74 Å². The Morgan fingerprint density at radius 3 is 2.95 bits per heavy atom. The quantitative estimate of drug-likeness (QED) is 0.605. The van der Waals surface area contributed by atoms with Crippen LogP contribution < -0.4 is 16.0 Å². The molecule has 2 heterocycles. The van der Waals surface area contributed by atoms with Crippen LogP contribution in [0.15, 0.2) is 0 Å². The Kier molecular flexibility index (Phi) is 4.70. The number of nitrogens with two attached hydrogens (primary N) is 1. The van der Waals surface area contributed by atoms with E-state index in [9.17, 15) is 5.11 Å². The average Bonchev–Trinajstić information content (AvgIpc) is 2.32. The first-order valence-electron chi connectivity index (χ1n) is 5.91. The van der Waals surface area contributed by atoms with Crippen LogP contribution in [0.5, 0.6) is 0 Å². The van der Waals surface area contributed by atoms with Gasteiger partial charge in [-0.1, -0.05) is 11.6 Å². The van der Waals surface area contributed by atoms with Crippen LogP contribution in [0, 0.1) is 0 Å². The van der Waals surface area contributed by atoms with Gasteiger partial charge in [0, 0.05) is 32.8 Å². The van der Waals surface area contributed by atoms with Crippen molar-refractivity contribution in [2.75, 3.05) is 44.0 Å². The Hall–Kier alpha value is -1.22. The fraction of sp³-hybridized carbons (Fsp3) is 0.700. The summed E-state index contributed by atoms with van der Waals surface area (Å²) >= 11 is 5.66. The lowest BCUT2D eigenvalue weighted by molar-refractivity contribution is 0.0619. The molecule has 0 aromatic carbocycles. The highest BCUT2D eigenvalue weighted by molar-refractivity contribution is 6.31. The van der Waals surface area contributed by atoms with Gasteiger partial charge in [0.05, 0.1) is 12.7 Å². The summed E-state index contributed by atoms with van der Waals surface area (Å²) < 4.78 is 4.85. The van der Waals surface area contributed by atoms with E-state index in [0.717, 1.165) is 13.1 Å². The molecule has 106 valence electrons. The summed E-state index contributed by atoms with van der Waals surface area (Å²) in [6.45, 7) is 2.29. The average molecular weight is 289 g/mol. The van der Waals surface area contributed by atoms with Crippen molar-refractivity contribution in [1.82, 2.24) is 20.5 Å². The van der Waals surface area contributed by atoms with Crippen molar-refractivity contribution in [3.05, 3.63) is 5.15 Å². The predicted molar refractivity (Wildman–Crippen MR) is 71.1 cm³/mol. The van der Waals surface area contributed by atoms with Crippen LogP contribution in [0.25, 0.3) is 0 Å². The molecule has 19 heavy (non-hydrogen) atoms. The summed E-state index contributed by atoms with van der Waals surface area (Å²) in [4.78, 5) is 5.99. The smallest absolute Gasteiger partial charge is 0.247 e. The number of rotatable bonds is 6. The highest BCUT2D eigenvalue weighted by Crippen LogP contribution is 2.19. The van der Waals surface area contributed by atoms with E-state index >= 15 is 0 Å². The molecular weight excluding hydrogens is 272 g/mol. The molecule has 1 atom stereocenters. The van der Waals surface area contributed by atoms with Gasteiger partial charge in [0.25, 0.3) is 0 Å². The lowest BCUT2D eigenvalue weighted by atomic mass is 10.1. The van der Waals surface area contributed by atoms with Crippen LogP contribution >= 0.6 is 11.6 Å². The first-order valence-corrected chi connectivity index (χ1v) is 6.29. The minimum absolute atomic E-state index is 0.113. The van der Waals surface area contributed by atoms with Gasteiger partial charge in [-0.3, -0.25) is 0 Å². The van der Waals surface area contributed by atoms with Crippen LogP contribution in [0.4, 0.5) is 11.8 Å². The second-order valence-corrected chi connectivity index (χ2v) is 4.77. The number of anilines is 2. The van der Waals surface area contributed by atoms with Crippen molar-refractivity contribution < 1.29 is 9.84 Å². The molecule has 1 aliphatic heterocycles. The van der Waals surface area contributed by atoms with E-state index in [-0.39, 0.29) is 17.0 Å². The molecule has 1 aliphatic rings. The van der Waals surface area contributed by atoms with Crippen molar-refractivity contribution in [3.63, 3.8) is 0 Å². The van der Waals surface area contributed by atoms with Crippen molar-refractivity contribution in [2.24, 2.45) is 0 Å². The van der Waals surface area contributed by atoms with E-state index < -0.39 is 6.10 Å². The molecule has 0 bridgehead atoms. The van der Waals surface area contributed by atoms with Crippen LogP contribution in [0.1, 0.15) is 0 Å². The third-order valence-electron chi connectivity index (χ3n) is 2.82. The molecule has 1 aromatic rings. The molecule has 0 aliphatic carbocycles. The summed E-state index contributed by atoms with van der Waals surface area (Å²) in [6.07, 6.45) is -0.497. The van der Waals surface area contributed by atoms with Crippen LogP contribution in [0.3, 0.4) is 0 Å². The zero-order chi connectivity index (χ0) is 13.8. The van der Waals surface area contributed by atoms with E-state index in [0.29, 0.717) is 19.1 Å². The van der Waals surface area contributed by atoms with Crippen molar-refractivity contribution in [1.29, 1.82) is 0 Å². The zero-order valence-corrected chi connectivity index (χ0v) is 11.3. The maximum atomic E-state index is 9.50. The van der Waals surface area contributed by atoms with Gasteiger partial charge >= 0.3 is 0 Å². The summed E-state index contributed by atoms with van der Waals surface area (Å²) in [6, 6.07) is 0.284. The lowest BCUT2D eigenvalue weighted by Crippen LogP contribution is -2.59. The number of aromatic nitrogens is 3. The number of nitrogens with zero attached hydrogens (tertiary/aromatic N) is 4. The first-order chi connectivity index (χ1) is 9.10. The zero-order valence-electron chi connectivity index (χ0n) is 10.6. The minimum atomic E-state index is -0.497. The summed E-state index contributed by atoms with van der Waals surface area (Å²) in [5.74, 6) is 0.649. The summed E-state index contributed by atoms with van der Waals surface area (Å²) in [7, 11) is 1.56. The molecular formula is C10H17ClN6O2. The van der Waals surface area contributed by atoms with E-state index in [1.807, 2.05) is 4.90 Å². The minimum Gasteiger partial charge on any atom is -0.389 e.